The molecule has 3 heteroatoms. The molecule has 0 spiro atoms. The van der Waals surface area contributed by atoms with Gasteiger partial charge in [0, 0.05) is 25.2 Å². The first-order valence-electron chi connectivity index (χ1n) is 5.99. The van der Waals surface area contributed by atoms with Crippen molar-refractivity contribution in [2.24, 2.45) is 0 Å². The highest BCUT2D eigenvalue weighted by molar-refractivity contribution is 4.87. The van der Waals surface area contributed by atoms with Crippen LogP contribution in [0.25, 0.3) is 0 Å². The van der Waals surface area contributed by atoms with Crippen molar-refractivity contribution in [1.29, 1.82) is 0 Å². The lowest BCUT2D eigenvalue weighted by atomic mass is 9.97. The lowest BCUT2D eigenvalue weighted by Crippen LogP contribution is -2.47. The van der Waals surface area contributed by atoms with Crippen LogP contribution in [-0.2, 0) is 0 Å². The number of nitrogens with one attached hydrogen (secondary N) is 1. The van der Waals surface area contributed by atoms with Gasteiger partial charge in [-0.2, -0.15) is 0 Å². The summed E-state index contributed by atoms with van der Waals surface area (Å²) in [4.78, 5) is 2.64. The van der Waals surface area contributed by atoms with Gasteiger partial charge >= 0.3 is 0 Å². The van der Waals surface area contributed by atoms with E-state index >= 15 is 0 Å². The van der Waals surface area contributed by atoms with Crippen molar-refractivity contribution in [3.05, 3.63) is 0 Å². The molecule has 2 unspecified atom stereocenters. The molecule has 2 N–H and O–H groups in total. The Morgan fingerprint density at radius 2 is 2.21 bits per heavy atom. The molecule has 3 nitrogen and oxygen atoms in total. The summed E-state index contributed by atoms with van der Waals surface area (Å²) in [6.45, 7) is 3.92. The lowest BCUT2D eigenvalue weighted by molar-refractivity contribution is 0.0831. The second kappa shape index (κ2) is 5.10. The summed E-state index contributed by atoms with van der Waals surface area (Å²) in [7, 11) is 0. The summed E-state index contributed by atoms with van der Waals surface area (Å²) in [5.41, 5.74) is 0. The van der Waals surface area contributed by atoms with Crippen LogP contribution in [0, 0.1) is 0 Å². The van der Waals surface area contributed by atoms with Crippen LogP contribution < -0.4 is 5.32 Å². The van der Waals surface area contributed by atoms with Crippen LogP contribution in [-0.4, -0.2) is 48.3 Å². The molecule has 2 heterocycles. The molecule has 0 aromatic rings. The highest BCUT2D eigenvalue weighted by Gasteiger charge is 2.29. The summed E-state index contributed by atoms with van der Waals surface area (Å²) < 4.78 is 0. The van der Waals surface area contributed by atoms with Crippen LogP contribution in [0.5, 0.6) is 0 Å². The number of likely N-dealkylation sites (tertiary alicyclic amines) is 1. The topological polar surface area (TPSA) is 35.5 Å². The molecule has 14 heavy (non-hydrogen) atoms. The predicted octanol–water partition coefficient (Wildman–Crippen LogP) is 0.585. The number of rotatable bonds is 3. The van der Waals surface area contributed by atoms with Crippen LogP contribution in [0.15, 0.2) is 0 Å². The third-order valence-electron chi connectivity index (χ3n) is 3.64. The van der Waals surface area contributed by atoms with E-state index in [-0.39, 0.29) is 0 Å². The summed E-state index contributed by atoms with van der Waals surface area (Å²) >= 11 is 0. The zero-order chi connectivity index (χ0) is 9.80. The molecule has 2 aliphatic rings. The van der Waals surface area contributed by atoms with Gasteiger partial charge in [0.15, 0.2) is 0 Å². The maximum atomic E-state index is 9.04. The molecule has 2 saturated heterocycles. The fraction of sp³-hybridized carbons (Fsp3) is 1.00. The zero-order valence-corrected chi connectivity index (χ0v) is 8.91. The molecular weight excluding hydrogens is 176 g/mol. The van der Waals surface area contributed by atoms with Crippen molar-refractivity contribution in [2.45, 2.75) is 44.2 Å². The minimum absolute atomic E-state index is 0.349. The normalized spacial score (nSPS) is 34.9. The van der Waals surface area contributed by atoms with Gasteiger partial charge < -0.3 is 10.4 Å². The first kappa shape index (κ1) is 10.4. The van der Waals surface area contributed by atoms with Crippen molar-refractivity contribution >= 4 is 0 Å². The molecule has 0 saturated carbocycles. The number of piperidine rings is 1. The maximum Gasteiger partial charge on any atom is 0.0445 e. The Morgan fingerprint density at radius 1 is 1.29 bits per heavy atom. The van der Waals surface area contributed by atoms with Gasteiger partial charge in [-0.25, -0.2) is 0 Å². The van der Waals surface area contributed by atoms with E-state index in [9.17, 15) is 0 Å². The molecule has 2 aliphatic heterocycles. The maximum absolute atomic E-state index is 9.04. The van der Waals surface area contributed by atoms with Crippen LogP contribution >= 0.6 is 0 Å². The first-order valence-corrected chi connectivity index (χ1v) is 5.99. The van der Waals surface area contributed by atoms with E-state index in [1.165, 1.54) is 38.8 Å². The number of nitrogens with zero attached hydrogens (tertiary/aromatic N) is 1. The van der Waals surface area contributed by atoms with E-state index in [1.54, 1.807) is 0 Å². The van der Waals surface area contributed by atoms with E-state index in [0.29, 0.717) is 12.6 Å². The van der Waals surface area contributed by atoms with Crippen molar-refractivity contribution in [1.82, 2.24) is 10.2 Å². The smallest absolute Gasteiger partial charge is 0.0445 e. The SMILES string of the molecule is OCCC1CCCCN1C1CCNC1. The Labute approximate surface area is 86.5 Å². The van der Waals surface area contributed by atoms with E-state index in [1.807, 2.05) is 0 Å². The van der Waals surface area contributed by atoms with Crippen molar-refractivity contribution < 1.29 is 5.11 Å². The molecule has 0 bridgehead atoms. The Bertz CT molecular complexity index is 167. The van der Waals surface area contributed by atoms with Gasteiger partial charge in [-0.1, -0.05) is 6.42 Å². The van der Waals surface area contributed by atoms with Gasteiger partial charge in [0.2, 0.25) is 0 Å². The number of hydrogen-bond donors (Lipinski definition) is 2. The minimum Gasteiger partial charge on any atom is -0.396 e. The summed E-state index contributed by atoms with van der Waals surface area (Å²) in [5.74, 6) is 0. The van der Waals surface area contributed by atoms with Gasteiger partial charge in [-0.05, 0) is 38.8 Å². The van der Waals surface area contributed by atoms with Crippen LogP contribution in [0.1, 0.15) is 32.1 Å². The zero-order valence-electron chi connectivity index (χ0n) is 8.91. The minimum atomic E-state index is 0.349. The molecular formula is C11H22N2O. The van der Waals surface area contributed by atoms with E-state index < -0.39 is 0 Å². The van der Waals surface area contributed by atoms with Crippen LogP contribution in [0.4, 0.5) is 0 Å². The number of aliphatic hydroxyl groups is 1. The second-order valence-electron chi connectivity index (χ2n) is 4.55. The van der Waals surface area contributed by atoms with E-state index in [2.05, 4.69) is 10.2 Å². The second-order valence-corrected chi connectivity index (χ2v) is 4.55. The number of aliphatic hydroxyl groups excluding tert-OH is 1. The molecule has 2 atom stereocenters. The Hall–Kier alpha value is -0.120. The fourth-order valence-corrected chi connectivity index (χ4v) is 2.89. The third kappa shape index (κ3) is 2.27. The molecule has 0 aromatic heterocycles. The molecule has 2 fully saturated rings. The van der Waals surface area contributed by atoms with E-state index in [4.69, 9.17) is 5.11 Å². The Morgan fingerprint density at radius 3 is 2.93 bits per heavy atom. The van der Waals surface area contributed by atoms with Gasteiger partial charge in [0.1, 0.15) is 0 Å². The predicted molar refractivity (Wildman–Crippen MR) is 57.3 cm³/mol. The van der Waals surface area contributed by atoms with Crippen LogP contribution in [0.3, 0.4) is 0 Å². The standard InChI is InChI=1S/C11H22N2O/c14-8-5-10-3-1-2-7-13(10)11-4-6-12-9-11/h10-12,14H,1-9H2. The monoisotopic (exact) mass is 198 g/mol. The molecule has 0 amide bonds. The van der Waals surface area contributed by atoms with Crippen LogP contribution in [0.2, 0.25) is 0 Å². The average Bonchev–Trinajstić information content (AvgIpc) is 2.72. The summed E-state index contributed by atoms with van der Waals surface area (Å²) in [5, 5.41) is 12.5. The largest absolute Gasteiger partial charge is 0.396 e. The summed E-state index contributed by atoms with van der Waals surface area (Å²) in [6, 6.07) is 1.39. The average molecular weight is 198 g/mol. The molecule has 2 rings (SSSR count). The van der Waals surface area contributed by atoms with Gasteiger partial charge in [0.25, 0.3) is 0 Å². The quantitative estimate of drug-likeness (QED) is 0.696. The highest BCUT2D eigenvalue weighted by Crippen LogP contribution is 2.24. The Balaban J connectivity index is 1.91. The fourth-order valence-electron chi connectivity index (χ4n) is 2.89. The van der Waals surface area contributed by atoms with Gasteiger partial charge in [-0.3, -0.25) is 4.90 Å². The lowest BCUT2D eigenvalue weighted by Gasteiger charge is -2.39. The van der Waals surface area contributed by atoms with Crippen molar-refractivity contribution in [3.63, 3.8) is 0 Å². The van der Waals surface area contributed by atoms with E-state index in [0.717, 1.165) is 19.0 Å². The third-order valence-corrected chi connectivity index (χ3v) is 3.64. The van der Waals surface area contributed by atoms with Gasteiger partial charge in [-0.15, -0.1) is 0 Å². The molecule has 82 valence electrons. The Kier molecular flexibility index (Phi) is 3.79. The van der Waals surface area contributed by atoms with Gasteiger partial charge in [0.05, 0.1) is 0 Å². The highest BCUT2D eigenvalue weighted by atomic mass is 16.3. The first-order chi connectivity index (χ1) is 6.92. The molecule has 0 radical (unpaired) electrons. The van der Waals surface area contributed by atoms with Crippen molar-refractivity contribution in [3.8, 4) is 0 Å². The molecule has 0 aromatic carbocycles. The summed E-state index contributed by atoms with van der Waals surface area (Å²) in [6.07, 6.45) is 6.25. The van der Waals surface area contributed by atoms with Crippen molar-refractivity contribution in [2.75, 3.05) is 26.2 Å². The molecule has 0 aliphatic carbocycles. The number of hydrogen-bond acceptors (Lipinski definition) is 3.